The fourth-order valence-corrected chi connectivity index (χ4v) is 3.19. The number of nitrogens with zero attached hydrogens (tertiary/aromatic N) is 4. The van der Waals surface area contributed by atoms with E-state index in [9.17, 15) is 18.0 Å². The van der Waals surface area contributed by atoms with Crippen molar-refractivity contribution in [2.45, 2.75) is 11.3 Å². The van der Waals surface area contributed by atoms with Crippen LogP contribution < -0.4 is 5.32 Å². The third-order valence-electron chi connectivity index (χ3n) is 3.63. The second kappa shape index (κ2) is 8.19. The van der Waals surface area contributed by atoms with Gasteiger partial charge in [0.05, 0.1) is 16.3 Å². The van der Waals surface area contributed by atoms with Gasteiger partial charge in [-0.05, 0) is 6.07 Å². The lowest BCUT2D eigenvalue weighted by Gasteiger charge is -2.10. The molecular weight excluding hydrogens is 415 g/mol. The molecule has 2 aromatic heterocycles. The van der Waals surface area contributed by atoms with Gasteiger partial charge in [0.15, 0.2) is 16.8 Å². The predicted molar refractivity (Wildman–Crippen MR) is 100 cm³/mol. The number of amides is 1. The van der Waals surface area contributed by atoms with Crippen molar-refractivity contribution in [2.75, 3.05) is 11.1 Å². The Morgan fingerprint density at radius 3 is 2.61 bits per heavy atom. The molecule has 0 atom stereocenters. The molecule has 28 heavy (non-hydrogen) atoms. The van der Waals surface area contributed by atoms with Crippen LogP contribution in [0, 0.1) is 0 Å². The monoisotopic (exact) mass is 427 g/mol. The second-order valence-electron chi connectivity index (χ2n) is 5.62. The van der Waals surface area contributed by atoms with Gasteiger partial charge in [0.25, 0.3) is 0 Å². The number of halogens is 4. The molecule has 0 saturated carbocycles. The number of carbonyl (C=O) groups is 1. The quantitative estimate of drug-likeness (QED) is 0.615. The number of thioether (sulfide) groups is 1. The van der Waals surface area contributed by atoms with Gasteiger partial charge in [0.2, 0.25) is 5.91 Å². The summed E-state index contributed by atoms with van der Waals surface area (Å²) in [4.78, 5) is 15.7. The number of alkyl halides is 3. The Kier molecular flexibility index (Phi) is 5.90. The van der Waals surface area contributed by atoms with Gasteiger partial charge in [0, 0.05) is 18.8 Å². The summed E-state index contributed by atoms with van der Waals surface area (Å²) < 4.78 is 39.6. The highest BCUT2D eigenvalue weighted by Gasteiger charge is 2.31. The molecule has 0 saturated heterocycles. The lowest BCUT2D eigenvalue weighted by molar-refractivity contribution is -0.137. The van der Waals surface area contributed by atoms with Gasteiger partial charge >= 0.3 is 6.18 Å². The van der Waals surface area contributed by atoms with E-state index in [2.05, 4.69) is 20.5 Å². The van der Waals surface area contributed by atoms with Gasteiger partial charge in [-0.25, -0.2) is 4.98 Å². The van der Waals surface area contributed by atoms with Crippen molar-refractivity contribution in [2.24, 2.45) is 7.05 Å². The number of benzene rings is 1. The lowest BCUT2D eigenvalue weighted by atomic mass is 10.2. The number of carbonyl (C=O) groups excluding carboxylic acids is 1. The number of hydrogen-bond acceptors (Lipinski definition) is 5. The fourth-order valence-electron chi connectivity index (χ4n) is 2.26. The first kappa shape index (κ1) is 20.2. The van der Waals surface area contributed by atoms with Crippen molar-refractivity contribution in [3.63, 3.8) is 0 Å². The van der Waals surface area contributed by atoms with E-state index in [1.54, 1.807) is 11.6 Å². The average molecular weight is 428 g/mol. The number of aromatic nitrogens is 4. The third kappa shape index (κ3) is 4.63. The third-order valence-corrected chi connectivity index (χ3v) is 4.93. The average Bonchev–Trinajstić information content (AvgIpc) is 3.02. The zero-order valence-corrected chi connectivity index (χ0v) is 15.9. The van der Waals surface area contributed by atoms with E-state index in [4.69, 9.17) is 11.6 Å². The maximum Gasteiger partial charge on any atom is 0.417 e. The van der Waals surface area contributed by atoms with Crippen molar-refractivity contribution in [3.05, 3.63) is 53.2 Å². The van der Waals surface area contributed by atoms with E-state index in [1.165, 1.54) is 0 Å². The van der Waals surface area contributed by atoms with E-state index < -0.39 is 17.6 Å². The standard InChI is InChI=1S/C17H13ClF3N5OS/c1-26-15(10-5-3-2-4-6-10)24-25-16(26)28-9-13(27)23-14-12(18)7-11(8-22-14)17(19,20)21/h2-8H,9H2,1H3,(H,22,23,27). The molecule has 1 aromatic carbocycles. The minimum Gasteiger partial charge on any atom is -0.309 e. The number of hydrogen-bond donors (Lipinski definition) is 1. The topological polar surface area (TPSA) is 72.7 Å². The van der Waals surface area contributed by atoms with Crippen LogP contribution in [0.5, 0.6) is 0 Å². The largest absolute Gasteiger partial charge is 0.417 e. The molecule has 0 bridgehead atoms. The van der Waals surface area contributed by atoms with Crippen LogP contribution in [-0.4, -0.2) is 31.4 Å². The predicted octanol–water partition coefficient (Wildman–Crippen LogP) is 4.28. The highest BCUT2D eigenvalue weighted by Crippen LogP contribution is 2.32. The minimum atomic E-state index is -4.56. The lowest BCUT2D eigenvalue weighted by Crippen LogP contribution is -2.16. The van der Waals surface area contributed by atoms with Crippen molar-refractivity contribution in [1.29, 1.82) is 0 Å². The Morgan fingerprint density at radius 1 is 1.25 bits per heavy atom. The first-order valence-electron chi connectivity index (χ1n) is 7.86. The van der Waals surface area contributed by atoms with Gasteiger partial charge in [0.1, 0.15) is 0 Å². The SMILES string of the molecule is Cn1c(SCC(=O)Nc2ncc(C(F)(F)F)cc2Cl)nnc1-c1ccccc1. The Balaban J connectivity index is 1.63. The fraction of sp³-hybridized carbons (Fsp3) is 0.176. The molecule has 0 aliphatic rings. The highest BCUT2D eigenvalue weighted by atomic mass is 35.5. The van der Waals surface area contributed by atoms with Gasteiger partial charge in [-0.1, -0.05) is 53.7 Å². The number of pyridine rings is 1. The van der Waals surface area contributed by atoms with E-state index in [1.807, 2.05) is 30.3 Å². The van der Waals surface area contributed by atoms with Crippen LogP contribution in [0.3, 0.4) is 0 Å². The van der Waals surface area contributed by atoms with E-state index in [0.717, 1.165) is 17.3 Å². The van der Waals surface area contributed by atoms with Crippen molar-refractivity contribution >= 4 is 35.1 Å². The zero-order valence-electron chi connectivity index (χ0n) is 14.4. The Hall–Kier alpha value is -2.59. The number of nitrogens with one attached hydrogen (secondary N) is 1. The molecule has 0 unspecified atom stereocenters. The Morgan fingerprint density at radius 2 is 1.96 bits per heavy atom. The molecule has 0 fully saturated rings. The molecule has 11 heteroatoms. The van der Waals surface area contributed by atoms with Gasteiger partial charge in [-0.3, -0.25) is 4.79 Å². The number of anilines is 1. The molecule has 3 rings (SSSR count). The normalized spacial score (nSPS) is 11.5. The number of rotatable bonds is 5. The van der Waals surface area contributed by atoms with E-state index in [0.29, 0.717) is 23.2 Å². The maximum atomic E-state index is 12.6. The molecule has 0 aliphatic heterocycles. The van der Waals surface area contributed by atoms with Crippen molar-refractivity contribution in [3.8, 4) is 11.4 Å². The molecule has 146 valence electrons. The molecule has 0 aliphatic carbocycles. The van der Waals surface area contributed by atoms with Gasteiger partial charge in [-0.2, -0.15) is 13.2 Å². The molecule has 1 N–H and O–H groups in total. The summed E-state index contributed by atoms with van der Waals surface area (Å²) in [6.07, 6.45) is -3.94. The molecule has 6 nitrogen and oxygen atoms in total. The highest BCUT2D eigenvalue weighted by molar-refractivity contribution is 7.99. The Bertz CT molecular complexity index is 994. The summed E-state index contributed by atoms with van der Waals surface area (Å²) in [5.74, 6) is -0.0117. The minimum absolute atomic E-state index is 0.0419. The Labute approximate surface area is 167 Å². The van der Waals surface area contributed by atoms with Crippen LogP contribution in [0.15, 0.2) is 47.8 Å². The van der Waals surface area contributed by atoms with Gasteiger partial charge < -0.3 is 9.88 Å². The van der Waals surface area contributed by atoms with Crippen LogP contribution in [-0.2, 0) is 18.0 Å². The second-order valence-corrected chi connectivity index (χ2v) is 6.97. The first-order chi connectivity index (χ1) is 13.3. The van der Waals surface area contributed by atoms with Gasteiger partial charge in [-0.15, -0.1) is 10.2 Å². The molecular formula is C17H13ClF3N5OS. The smallest absolute Gasteiger partial charge is 0.309 e. The summed E-state index contributed by atoms with van der Waals surface area (Å²) in [6.45, 7) is 0. The maximum absolute atomic E-state index is 12.6. The van der Waals surface area contributed by atoms with Crippen LogP contribution in [0.4, 0.5) is 19.0 Å². The van der Waals surface area contributed by atoms with Crippen LogP contribution in [0.2, 0.25) is 5.02 Å². The first-order valence-corrected chi connectivity index (χ1v) is 9.22. The molecule has 0 spiro atoms. The summed E-state index contributed by atoms with van der Waals surface area (Å²) >= 11 is 6.91. The summed E-state index contributed by atoms with van der Waals surface area (Å²) in [5, 5.41) is 10.8. The summed E-state index contributed by atoms with van der Waals surface area (Å²) in [6, 6.07) is 10.1. The van der Waals surface area contributed by atoms with E-state index >= 15 is 0 Å². The zero-order chi connectivity index (χ0) is 20.3. The van der Waals surface area contributed by atoms with Crippen LogP contribution >= 0.6 is 23.4 Å². The summed E-state index contributed by atoms with van der Waals surface area (Å²) in [5.41, 5.74) is -0.105. The van der Waals surface area contributed by atoms with E-state index in [-0.39, 0.29) is 16.6 Å². The molecule has 0 radical (unpaired) electrons. The summed E-state index contributed by atoms with van der Waals surface area (Å²) in [7, 11) is 1.77. The van der Waals surface area contributed by atoms with Crippen molar-refractivity contribution in [1.82, 2.24) is 19.7 Å². The molecule has 1 amide bonds. The molecule has 3 aromatic rings. The van der Waals surface area contributed by atoms with Crippen molar-refractivity contribution < 1.29 is 18.0 Å². The van der Waals surface area contributed by atoms with Crippen LogP contribution in [0.25, 0.3) is 11.4 Å². The molecule has 2 heterocycles. The van der Waals surface area contributed by atoms with Crippen LogP contribution in [0.1, 0.15) is 5.56 Å².